The highest BCUT2D eigenvalue weighted by Crippen LogP contribution is 2.19. The molecule has 0 aliphatic rings. The van der Waals surface area contributed by atoms with Crippen LogP contribution in [0.3, 0.4) is 0 Å². The van der Waals surface area contributed by atoms with E-state index in [1.807, 2.05) is 0 Å². The molecule has 6 nitrogen and oxygen atoms in total. The lowest BCUT2D eigenvalue weighted by Gasteiger charge is -2.27. The van der Waals surface area contributed by atoms with E-state index in [2.05, 4.69) is 17.6 Å². The number of hydrogen-bond acceptors (Lipinski definition) is 4. The summed E-state index contributed by atoms with van der Waals surface area (Å²) in [6, 6.07) is 0. The normalized spacial score (nSPS) is 12.8. The van der Waals surface area contributed by atoms with Gasteiger partial charge in [-0.05, 0) is 12.8 Å². The standard InChI is InChI=1S/C16H32N2O4/c1-4-5-6-7-10-17-13(20)9-8-11-18-15(22)14(21)16(2,3)12-19/h14,19,21H,4-12H2,1-3H3,(H,17,20)(H,18,22)/t14-/m0/s1. The van der Waals surface area contributed by atoms with Gasteiger partial charge in [-0.15, -0.1) is 0 Å². The maximum absolute atomic E-state index is 11.7. The zero-order chi connectivity index (χ0) is 17.0. The molecule has 0 aromatic rings. The summed E-state index contributed by atoms with van der Waals surface area (Å²) in [4.78, 5) is 23.2. The van der Waals surface area contributed by atoms with Gasteiger partial charge < -0.3 is 20.8 Å². The van der Waals surface area contributed by atoms with Crippen molar-refractivity contribution in [3.63, 3.8) is 0 Å². The highest BCUT2D eigenvalue weighted by molar-refractivity contribution is 5.81. The first-order valence-electron chi connectivity index (χ1n) is 8.18. The molecular weight excluding hydrogens is 284 g/mol. The summed E-state index contributed by atoms with van der Waals surface area (Å²) in [6.45, 7) is 6.13. The van der Waals surface area contributed by atoms with Crippen LogP contribution in [0.15, 0.2) is 0 Å². The molecule has 22 heavy (non-hydrogen) atoms. The van der Waals surface area contributed by atoms with Gasteiger partial charge in [0.05, 0.1) is 6.61 Å². The third kappa shape index (κ3) is 9.00. The Labute approximate surface area is 133 Å². The molecular formula is C16H32N2O4. The smallest absolute Gasteiger partial charge is 0.249 e. The van der Waals surface area contributed by atoms with E-state index in [9.17, 15) is 14.7 Å². The second-order valence-corrected chi connectivity index (χ2v) is 6.35. The maximum Gasteiger partial charge on any atom is 0.249 e. The Bertz CT molecular complexity index is 332. The predicted octanol–water partition coefficient (Wildman–Crippen LogP) is 0.959. The molecule has 0 heterocycles. The fourth-order valence-corrected chi connectivity index (χ4v) is 1.87. The van der Waals surface area contributed by atoms with Crippen LogP contribution in [0.25, 0.3) is 0 Å². The number of hydrogen-bond donors (Lipinski definition) is 4. The van der Waals surface area contributed by atoms with Crippen molar-refractivity contribution in [3.8, 4) is 0 Å². The van der Waals surface area contributed by atoms with Gasteiger partial charge in [0.15, 0.2) is 0 Å². The molecule has 2 amide bonds. The van der Waals surface area contributed by atoms with Crippen molar-refractivity contribution in [2.75, 3.05) is 19.7 Å². The molecule has 0 saturated heterocycles. The molecule has 0 fully saturated rings. The summed E-state index contributed by atoms with van der Waals surface area (Å²) in [6.07, 6.45) is 4.11. The van der Waals surface area contributed by atoms with Crippen LogP contribution in [0, 0.1) is 5.41 Å². The Morgan fingerprint density at radius 2 is 1.68 bits per heavy atom. The lowest BCUT2D eigenvalue weighted by atomic mass is 9.87. The Morgan fingerprint density at radius 1 is 1.05 bits per heavy atom. The molecule has 0 spiro atoms. The number of aliphatic hydroxyl groups excluding tert-OH is 2. The predicted molar refractivity (Wildman–Crippen MR) is 86.3 cm³/mol. The van der Waals surface area contributed by atoms with Crippen LogP contribution < -0.4 is 10.6 Å². The fourth-order valence-electron chi connectivity index (χ4n) is 1.87. The molecule has 0 radical (unpaired) electrons. The first kappa shape index (κ1) is 20.9. The lowest BCUT2D eigenvalue weighted by molar-refractivity contribution is -0.137. The van der Waals surface area contributed by atoms with Crippen molar-refractivity contribution in [2.45, 2.75) is 65.4 Å². The van der Waals surface area contributed by atoms with Gasteiger partial charge >= 0.3 is 0 Å². The number of unbranched alkanes of at least 4 members (excludes halogenated alkanes) is 3. The van der Waals surface area contributed by atoms with Crippen molar-refractivity contribution in [1.29, 1.82) is 0 Å². The topological polar surface area (TPSA) is 98.7 Å². The van der Waals surface area contributed by atoms with E-state index in [-0.39, 0.29) is 12.5 Å². The largest absolute Gasteiger partial charge is 0.396 e. The summed E-state index contributed by atoms with van der Waals surface area (Å²) in [5.74, 6) is -0.527. The third-order valence-electron chi connectivity index (χ3n) is 3.63. The van der Waals surface area contributed by atoms with Crippen LogP contribution in [0.5, 0.6) is 0 Å². The summed E-state index contributed by atoms with van der Waals surface area (Å²) >= 11 is 0. The minimum Gasteiger partial charge on any atom is -0.396 e. The van der Waals surface area contributed by atoms with E-state index in [0.717, 1.165) is 12.8 Å². The van der Waals surface area contributed by atoms with Gasteiger partial charge in [-0.3, -0.25) is 9.59 Å². The number of nitrogens with one attached hydrogen (secondary N) is 2. The number of rotatable bonds is 12. The highest BCUT2D eigenvalue weighted by Gasteiger charge is 2.32. The van der Waals surface area contributed by atoms with Crippen LogP contribution in [0.4, 0.5) is 0 Å². The second kappa shape index (κ2) is 11.4. The van der Waals surface area contributed by atoms with Crippen molar-refractivity contribution in [2.24, 2.45) is 5.41 Å². The summed E-state index contributed by atoms with van der Waals surface area (Å²) < 4.78 is 0. The average molecular weight is 316 g/mol. The van der Waals surface area contributed by atoms with Crippen molar-refractivity contribution in [3.05, 3.63) is 0 Å². The Kier molecular flexibility index (Phi) is 10.8. The first-order chi connectivity index (χ1) is 10.3. The van der Waals surface area contributed by atoms with Crippen molar-refractivity contribution >= 4 is 11.8 Å². The van der Waals surface area contributed by atoms with Gasteiger partial charge in [-0.2, -0.15) is 0 Å². The Hall–Kier alpha value is -1.14. The van der Waals surface area contributed by atoms with E-state index >= 15 is 0 Å². The number of carbonyl (C=O) groups excluding carboxylic acids is 2. The van der Waals surface area contributed by atoms with Crippen LogP contribution in [-0.2, 0) is 9.59 Å². The molecule has 0 aliphatic carbocycles. The zero-order valence-corrected chi connectivity index (χ0v) is 14.2. The summed E-state index contributed by atoms with van der Waals surface area (Å²) in [7, 11) is 0. The van der Waals surface area contributed by atoms with Gasteiger partial charge in [-0.1, -0.05) is 40.0 Å². The molecule has 130 valence electrons. The Balaban J connectivity index is 3.71. The molecule has 6 heteroatoms. The van der Waals surface area contributed by atoms with Crippen LogP contribution >= 0.6 is 0 Å². The molecule has 0 unspecified atom stereocenters. The number of aliphatic hydroxyl groups is 2. The van der Waals surface area contributed by atoms with E-state index in [0.29, 0.717) is 25.9 Å². The summed E-state index contributed by atoms with van der Waals surface area (Å²) in [5, 5.41) is 24.3. The fraction of sp³-hybridized carbons (Fsp3) is 0.875. The van der Waals surface area contributed by atoms with Gasteiger partial charge in [-0.25, -0.2) is 0 Å². The van der Waals surface area contributed by atoms with E-state index in [1.54, 1.807) is 13.8 Å². The average Bonchev–Trinajstić information content (AvgIpc) is 2.50. The van der Waals surface area contributed by atoms with E-state index in [4.69, 9.17) is 5.11 Å². The monoisotopic (exact) mass is 316 g/mol. The van der Waals surface area contributed by atoms with Crippen LogP contribution in [0.1, 0.15) is 59.3 Å². The second-order valence-electron chi connectivity index (χ2n) is 6.35. The van der Waals surface area contributed by atoms with Gasteiger partial charge in [0.25, 0.3) is 0 Å². The van der Waals surface area contributed by atoms with Crippen molar-refractivity contribution in [1.82, 2.24) is 10.6 Å². The van der Waals surface area contributed by atoms with Gasteiger partial charge in [0, 0.05) is 24.9 Å². The van der Waals surface area contributed by atoms with Crippen LogP contribution in [-0.4, -0.2) is 47.8 Å². The minimum atomic E-state index is -1.26. The SMILES string of the molecule is CCCCCCNC(=O)CCCNC(=O)[C@H](O)C(C)(C)CO. The highest BCUT2D eigenvalue weighted by atomic mass is 16.3. The van der Waals surface area contributed by atoms with Gasteiger partial charge in [0.2, 0.25) is 11.8 Å². The lowest BCUT2D eigenvalue weighted by Crippen LogP contribution is -2.45. The van der Waals surface area contributed by atoms with Crippen LogP contribution in [0.2, 0.25) is 0 Å². The van der Waals surface area contributed by atoms with E-state index < -0.39 is 17.4 Å². The van der Waals surface area contributed by atoms with E-state index in [1.165, 1.54) is 12.8 Å². The molecule has 0 saturated carbocycles. The van der Waals surface area contributed by atoms with Gasteiger partial charge in [0.1, 0.15) is 6.10 Å². The Morgan fingerprint density at radius 3 is 2.27 bits per heavy atom. The summed E-state index contributed by atoms with van der Waals surface area (Å²) in [5.41, 5.74) is -0.875. The molecule has 0 bridgehead atoms. The molecule has 0 aromatic carbocycles. The molecule has 1 atom stereocenters. The molecule has 4 N–H and O–H groups in total. The maximum atomic E-state index is 11.7. The number of amides is 2. The quantitative estimate of drug-likeness (QED) is 0.403. The van der Waals surface area contributed by atoms with Crippen molar-refractivity contribution < 1.29 is 19.8 Å². The molecule has 0 aliphatic heterocycles. The molecule has 0 rings (SSSR count). The first-order valence-corrected chi connectivity index (χ1v) is 8.18. The third-order valence-corrected chi connectivity index (χ3v) is 3.63. The minimum absolute atomic E-state index is 0.0121. The zero-order valence-electron chi connectivity index (χ0n) is 14.2. The molecule has 0 aromatic heterocycles. The number of carbonyl (C=O) groups is 2.